The zero-order valence-electron chi connectivity index (χ0n) is 12.7. The molecule has 24 heavy (non-hydrogen) atoms. The Bertz CT molecular complexity index is 736. The minimum atomic E-state index is -0.543. The van der Waals surface area contributed by atoms with Gasteiger partial charge in [0, 0.05) is 17.3 Å². The molecule has 126 valence electrons. The van der Waals surface area contributed by atoms with E-state index in [-0.39, 0.29) is 0 Å². The monoisotopic (exact) mass is 367 g/mol. The van der Waals surface area contributed by atoms with Crippen LogP contribution < -0.4 is 16.0 Å². The molecule has 0 aliphatic carbocycles. The Balaban J connectivity index is 1.87. The number of methoxy groups -OCH3 is 1. The number of anilines is 2. The van der Waals surface area contributed by atoms with E-state index in [4.69, 9.17) is 23.2 Å². The van der Waals surface area contributed by atoms with E-state index in [1.54, 1.807) is 42.5 Å². The van der Waals surface area contributed by atoms with Gasteiger partial charge < -0.3 is 15.4 Å². The highest BCUT2D eigenvalue weighted by Crippen LogP contribution is 2.25. The van der Waals surface area contributed by atoms with Crippen LogP contribution in [0.5, 0.6) is 0 Å². The highest BCUT2D eigenvalue weighted by atomic mass is 35.5. The number of amides is 3. The summed E-state index contributed by atoms with van der Waals surface area (Å²) < 4.78 is 4.50. The van der Waals surface area contributed by atoms with E-state index in [0.29, 0.717) is 28.0 Å². The Kier molecular flexibility index (Phi) is 6.28. The van der Waals surface area contributed by atoms with Gasteiger partial charge >= 0.3 is 12.1 Å². The van der Waals surface area contributed by atoms with E-state index in [2.05, 4.69) is 20.7 Å². The lowest BCUT2D eigenvalue weighted by molar-refractivity contribution is 0.187. The fourth-order valence-corrected chi connectivity index (χ4v) is 2.15. The van der Waals surface area contributed by atoms with Crippen LogP contribution in [-0.4, -0.2) is 19.2 Å². The molecule has 0 heterocycles. The molecule has 8 heteroatoms. The number of rotatable bonds is 4. The number of nitrogens with one attached hydrogen (secondary N) is 3. The van der Waals surface area contributed by atoms with Crippen LogP contribution in [0.2, 0.25) is 10.0 Å². The van der Waals surface area contributed by atoms with Crippen molar-refractivity contribution in [1.82, 2.24) is 5.32 Å². The molecule has 6 nitrogen and oxygen atoms in total. The maximum atomic E-state index is 11.9. The van der Waals surface area contributed by atoms with Gasteiger partial charge in [-0.25, -0.2) is 9.59 Å². The minimum Gasteiger partial charge on any atom is -0.453 e. The smallest absolute Gasteiger partial charge is 0.411 e. The molecule has 2 aromatic carbocycles. The molecule has 3 N–H and O–H groups in total. The van der Waals surface area contributed by atoms with Crippen molar-refractivity contribution in [3.8, 4) is 0 Å². The van der Waals surface area contributed by atoms with Crippen molar-refractivity contribution >= 4 is 46.7 Å². The number of halogens is 2. The lowest BCUT2D eigenvalue weighted by Crippen LogP contribution is -2.28. The van der Waals surface area contributed by atoms with Crippen LogP contribution in [-0.2, 0) is 11.3 Å². The molecular formula is C16H15Cl2N3O3. The van der Waals surface area contributed by atoms with Crippen LogP contribution >= 0.6 is 23.2 Å². The van der Waals surface area contributed by atoms with E-state index in [9.17, 15) is 9.59 Å². The summed E-state index contributed by atoms with van der Waals surface area (Å²) in [6.07, 6.45) is -0.543. The van der Waals surface area contributed by atoms with Gasteiger partial charge in [-0.2, -0.15) is 0 Å². The van der Waals surface area contributed by atoms with Gasteiger partial charge in [0.1, 0.15) is 0 Å². The Hall–Kier alpha value is -2.44. The molecule has 0 saturated carbocycles. The summed E-state index contributed by atoms with van der Waals surface area (Å²) >= 11 is 11.8. The Morgan fingerprint density at radius 2 is 1.75 bits per heavy atom. The van der Waals surface area contributed by atoms with E-state index in [1.165, 1.54) is 7.11 Å². The molecule has 0 aromatic heterocycles. The van der Waals surface area contributed by atoms with Gasteiger partial charge in [0.2, 0.25) is 0 Å². The van der Waals surface area contributed by atoms with E-state index in [1.807, 2.05) is 0 Å². The molecular weight excluding hydrogens is 353 g/mol. The standard InChI is InChI=1S/C16H15Cl2N3O3/c1-24-16(23)20-12-5-2-10(3-6-12)9-19-15(22)21-14-8-11(17)4-7-13(14)18/h2-8H,9H2,1H3,(H,20,23)(H2,19,21,22). The summed E-state index contributed by atoms with van der Waals surface area (Å²) in [5, 5.41) is 8.74. The number of ether oxygens (including phenoxy) is 1. The molecule has 2 aromatic rings. The van der Waals surface area contributed by atoms with Gasteiger partial charge in [0.05, 0.1) is 17.8 Å². The number of urea groups is 1. The van der Waals surface area contributed by atoms with Gasteiger partial charge in [0.15, 0.2) is 0 Å². The normalized spacial score (nSPS) is 9.96. The van der Waals surface area contributed by atoms with Gasteiger partial charge in [-0.3, -0.25) is 5.32 Å². The second-order valence-electron chi connectivity index (χ2n) is 4.75. The predicted octanol–water partition coefficient (Wildman–Crippen LogP) is 4.49. The molecule has 0 fully saturated rings. The van der Waals surface area contributed by atoms with E-state index >= 15 is 0 Å². The molecule has 2 rings (SSSR count). The molecule has 0 spiro atoms. The van der Waals surface area contributed by atoms with Crippen molar-refractivity contribution in [2.24, 2.45) is 0 Å². The van der Waals surface area contributed by atoms with Crippen LogP contribution in [0.15, 0.2) is 42.5 Å². The zero-order valence-corrected chi connectivity index (χ0v) is 14.2. The summed E-state index contributed by atoms with van der Waals surface area (Å²) in [7, 11) is 1.29. The van der Waals surface area contributed by atoms with Crippen molar-refractivity contribution in [2.45, 2.75) is 6.54 Å². The Morgan fingerprint density at radius 1 is 1.04 bits per heavy atom. The van der Waals surface area contributed by atoms with Gasteiger partial charge in [0.25, 0.3) is 0 Å². The van der Waals surface area contributed by atoms with Gasteiger partial charge in [-0.15, -0.1) is 0 Å². The minimum absolute atomic E-state index is 0.308. The SMILES string of the molecule is COC(=O)Nc1ccc(CNC(=O)Nc2cc(Cl)ccc2Cl)cc1. The first kappa shape index (κ1) is 17.9. The molecule has 3 amide bonds. The van der Waals surface area contributed by atoms with Crippen molar-refractivity contribution in [1.29, 1.82) is 0 Å². The topological polar surface area (TPSA) is 79.5 Å². The number of carbonyl (C=O) groups excluding carboxylic acids is 2. The van der Waals surface area contributed by atoms with E-state index in [0.717, 1.165) is 5.56 Å². The number of benzene rings is 2. The maximum absolute atomic E-state index is 11.9. The van der Waals surface area contributed by atoms with Gasteiger partial charge in [-0.05, 0) is 35.9 Å². The Labute approximate surface area is 149 Å². The number of hydrogen-bond donors (Lipinski definition) is 3. The van der Waals surface area contributed by atoms with Crippen molar-refractivity contribution in [3.05, 3.63) is 58.1 Å². The molecule has 0 aliphatic rings. The average molecular weight is 368 g/mol. The lowest BCUT2D eigenvalue weighted by Gasteiger charge is -2.10. The molecule has 0 bridgehead atoms. The quantitative estimate of drug-likeness (QED) is 0.744. The predicted molar refractivity (Wildman–Crippen MR) is 94.8 cm³/mol. The summed E-state index contributed by atoms with van der Waals surface area (Å²) in [6.45, 7) is 0.308. The third kappa shape index (κ3) is 5.33. The summed E-state index contributed by atoms with van der Waals surface area (Å²) in [5.41, 5.74) is 1.89. The van der Waals surface area contributed by atoms with Crippen LogP contribution in [0, 0.1) is 0 Å². The highest BCUT2D eigenvalue weighted by Gasteiger charge is 2.06. The molecule has 0 saturated heterocycles. The van der Waals surface area contributed by atoms with E-state index < -0.39 is 12.1 Å². The molecule has 0 atom stereocenters. The number of hydrogen-bond acceptors (Lipinski definition) is 3. The molecule has 0 aliphatic heterocycles. The highest BCUT2D eigenvalue weighted by molar-refractivity contribution is 6.35. The maximum Gasteiger partial charge on any atom is 0.411 e. The van der Waals surface area contributed by atoms with Crippen molar-refractivity contribution < 1.29 is 14.3 Å². The average Bonchev–Trinajstić information content (AvgIpc) is 2.57. The molecule has 0 radical (unpaired) electrons. The van der Waals surface area contributed by atoms with Crippen LogP contribution in [0.3, 0.4) is 0 Å². The van der Waals surface area contributed by atoms with Crippen molar-refractivity contribution in [3.63, 3.8) is 0 Å². The first-order valence-corrected chi connectivity index (χ1v) is 7.67. The Morgan fingerprint density at radius 3 is 2.42 bits per heavy atom. The fourth-order valence-electron chi connectivity index (χ4n) is 1.82. The van der Waals surface area contributed by atoms with Crippen LogP contribution in [0.25, 0.3) is 0 Å². The summed E-state index contributed by atoms with van der Waals surface area (Å²) in [6, 6.07) is 11.4. The third-order valence-corrected chi connectivity index (χ3v) is 3.58. The van der Waals surface area contributed by atoms with Crippen LogP contribution in [0.1, 0.15) is 5.56 Å². The fraction of sp³-hybridized carbons (Fsp3) is 0.125. The largest absolute Gasteiger partial charge is 0.453 e. The second-order valence-corrected chi connectivity index (χ2v) is 5.59. The lowest BCUT2D eigenvalue weighted by atomic mass is 10.2. The number of carbonyl (C=O) groups is 2. The third-order valence-electron chi connectivity index (χ3n) is 3.02. The molecule has 0 unspecified atom stereocenters. The zero-order chi connectivity index (χ0) is 17.5. The van der Waals surface area contributed by atoms with Gasteiger partial charge in [-0.1, -0.05) is 35.3 Å². The second kappa shape index (κ2) is 8.42. The first-order valence-electron chi connectivity index (χ1n) is 6.92. The van der Waals surface area contributed by atoms with Crippen LogP contribution in [0.4, 0.5) is 21.0 Å². The van der Waals surface area contributed by atoms with Crippen molar-refractivity contribution in [2.75, 3.05) is 17.7 Å². The first-order chi connectivity index (χ1) is 11.5. The summed E-state index contributed by atoms with van der Waals surface area (Å²) in [5.74, 6) is 0. The summed E-state index contributed by atoms with van der Waals surface area (Å²) in [4.78, 5) is 23.0.